The molecule has 142 valence electrons. The summed E-state index contributed by atoms with van der Waals surface area (Å²) in [6.07, 6.45) is -0.0598. The van der Waals surface area contributed by atoms with E-state index in [1.807, 2.05) is 0 Å². The largest absolute Gasteiger partial charge is 0.472 e. The topological polar surface area (TPSA) is 159 Å². The van der Waals surface area contributed by atoms with Crippen LogP contribution in [0.2, 0.25) is 0 Å². The molecule has 0 aliphatic carbocycles. The van der Waals surface area contributed by atoms with Crippen molar-refractivity contribution in [3.63, 3.8) is 0 Å². The zero-order valence-corrected chi connectivity index (χ0v) is 14.2. The van der Waals surface area contributed by atoms with Crippen molar-refractivity contribution in [1.82, 2.24) is 19.5 Å². The number of furan rings is 1. The number of aliphatic hydroxyl groups is 2. The molecule has 4 atom stereocenters. The van der Waals surface area contributed by atoms with E-state index in [-0.39, 0.29) is 5.82 Å². The normalized spacial score (nSPS) is 25.1. The number of hydrogen-bond acceptors (Lipinski definition) is 10. The Morgan fingerprint density at radius 1 is 1.44 bits per heavy atom. The lowest BCUT2D eigenvalue weighted by atomic mass is 10.1. The van der Waals surface area contributed by atoms with E-state index in [9.17, 15) is 15.0 Å². The molecule has 11 nitrogen and oxygen atoms in total. The van der Waals surface area contributed by atoms with Crippen molar-refractivity contribution >= 4 is 23.0 Å². The molecule has 27 heavy (non-hydrogen) atoms. The predicted molar refractivity (Wildman–Crippen MR) is 90.0 cm³/mol. The Morgan fingerprint density at radius 2 is 2.26 bits per heavy atom. The SMILES string of the molecule is CC(=O)O[C@@H]1[C@H](O)[C@@H](CO)O[C@H]1n1c(-c2ccoc2)nc2c(N)ncnc21. The lowest BCUT2D eigenvalue weighted by Gasteiger charge is -2.22. The van der Waals surface area contributed by atoms with Gasteiger partial charge in [-0.2, -0.15) is 0 Å². The lowest BCUT2D eigenvalue weighted by Crippen LogP contribution is -2.36. The van der Waals surface area contributed by atoms with Crippen LogP contribution in [0.3, 0.4) is 0 Å². The molecule has 1 fully saturated rings. The van der Waals surface area contributed by atoms with Gasteiger partial charge in [-0.05, 0) is 6.07 Å². The van der Waals surface area contributed by atoms with Gasteiger partial charge in [0.05, 0.1) is 18.4 Å². The van der Waals surface area contributed by atoms with Crippen LogP contribution in [0.25, 0.3) is 22.6 Å². The molecule has 1 saturated heterocycles. The smallest absolute Gasteiger partial charge is 0.303 e. The number of carbonyl (C=O) groups is 1. The zero-order valence-electron chi connectivity index (χ0n) is 14.2. The molecule has 0 radical (unpaired) electrons. The minimum atomic E-state index is -1.24. The summed E-state index contributed by atoms with van der Waals surface area (Å²) < 4.78 is 17.7. The van der Waals surface area contributed by atoms with E-state index in [0.717, 1.165) is 0 Å². The number of fused-ring (bicyclic) bond motifs is 1. The molecule has 0 bridgehead atoms. The number of ether oxygens (including phenoxy) is 2. The van der Waals surface area contributed by atoms with Crippen LogP contribution >= 0.6 is 0 Å². The van der Waals surface area contributed by atoms with Crippen molar-refractivity contribution in [3.8, 4) is 11.4 Å². The average Bonchev–Trinajstić information content (AvgIpc) is 3.34. The maximum absolute atomic E-state index is 11.5. The number of hydrogen-bond donors (Lipinski definition) is 3. The fourth-order valence-corrected chi connectivity index (χ4v) is 3.16. The Hall–Kier alpha value is -3.02. The van der Waals surface area contributed by atoms with E-state index >= 15 is 0 Å². The first-order valence-corrected chi connectivity index (χ1v) is 8.14. The molecule has 1 aliphatic rings. The molecular formula is C16H17N5O6. The summed E-state index contributed by atoms with van der Waals surface area (Å²) >= 11 is 0. The van der Waals surface area contributed by atoms with Crippen molar-refractivity contribution in [2.75, 3.05) is 12.3 Å². The monoisotopic (exact) mass is 375 g/mol. The van der Waals surface area contributed by atoms with Crippen LogP contribution in [0.4, 0.5) is 5.82 Å². The summed E-state index contributed by atoms with van der Waals surface area (Å²) in [5.41, 5.74) is 7.16. The standard InChI is InChI=1S/C16H17N5O6/c1-7(23)26-12-11(24)9(4-22)27-16(12)21-14(8-2-3-25-5-8)20-10-13(17)18-6-19-15(10)21/h2-3,5-6,9,11-12,16,22,24H,4H2,1H3,(H2,17,18,19)/t9-,11-,12-,16-/m1/s1. The third-order valence-corrected chi connectivity index (χ3v) is 4.33. The Morgan fingerprint density at radius 3 is 2.93 bits per heavy atom. The van der Waals surface area contributed by atoms with E-state index in [4.69, 9.17) is 19.6 Å². The molecule has 0 aromatic carbocycles. The lowest BCUT2D eigenvalue weighted by molar-refractivity contribution is -0.155. The van der Waals surface area contributed by atoms with Gasteiger partial charge in [0.1, 0.15) is 30.6 Å². The highest BCUT2D eigenvalue weighted by molar-refractivity contribution is 5.85. The number of rotatable bonds is 4. The van der Waals surface area contributed by atoms with Gasteiger partial charge in [0.15, 0.2) is 29.3 Å². The molecule has 4 N–H and O–H groups in total. The Bertz CT molecular complexity index is 971. The fourth-order valence-electron chi connectivity index (χ4n) is 3.16. The van der Waals surface area contributed by atoms with Crippen molar-refractivity contribution < 1.29 is 28.9 Å². The summed E-state index contributed by atoms with van der Waals surface area (Å²) in [6, 6.07) is 1.68. The number of nitrogen functional groups attached to an aromatic ring is 1. The highest BCUT2D eigenvalue weighted by Gasteiger charge is 2.48. The van der Waals surface area contributed by atoms with Gasteiger partial charge in [-0.25, -0.2) is 15.0 Å². The van der Waals surface area contributed by atoms with Crippen LogP contribution in [0.1, 0.15) is 13.2 Å². The molecule has 1 aliphatic heterocycles. The first-order chi connectivity index (χ1) is 13.0. The quantitative estimate of drug-likeness (QED) is 0.523. The fraction of sp³-hybridized carbons (Fsp3) is 0.375. The highest BCUT2D eigenvalue weighted by Crippen LogP contribution is 2.38. The molecule has 0 spiro atoms. The Kier molecular flexibility index (Phi) is 4.26. The van der Waals surface area contributed by atoms with E-state index in [1.54, 1.807) is 10.6 Å². The second-order valence-electron chi connectivity index (χ2n) is 6.06. The third kappa shape index (κ3) is 2.81. The molecule has 3 aromatic rings. The number of imidazole rings is 1. The Balaban J connectivity index is 1.92. The summed E-state index contributed by atoms with van der Waals surface area (Å²) in [5, 5.41) is 19.9. The van der Waals surface area contributed by atoms with Gasteiger partial charge < -0.3 is 29.8 Å². The number of aromatic nitrogens is 4. The van der Waals surface area contributed by atoms with Crippen molar-refractivity contribution in [2.24, 2.45) is 0 Å². The molecule has 0 unspecified atom stereocenters. The van der Waals surface area contributed by atoms with Crippen molar-refractivity contribution in [2.45, 2.75) is 31.5 Å². The molecular weight excluding hydrogens is 358 g/mol. The number of nitrogens with zero attached hydrogens (tertiary/aromatic N) is 4. The van der Waals surface area contributed by atoms with Crippen LogP contribution in [0, 0.1) is 0 Å². The summed E-state index contributed by atoms with van der Waals surface area (Å²) in [5.74, 6) is -0.0710. The minimum Gasteiger partial charge on any atom is -0.472 e. The number of nitrogens with two attached hydrogens (primary N) is 1. The van der Waals surface area contributed by atoms with E-state index in [0.29, 0.717) is 22.6 Å². The van der Waals surface area contributed by atoms with Crippen LogP contribution in [0.5, 0.6) is 0 Å². The first-order valence-electron chi connectivity index (χ1n) is 8.14. The summed E-state index contributed by atoms with van der Waals surface area (Å²) in [6.45, 7) is 0.763. The van der Waals surface area contributed by atoms with Crippen molar-refractivity contribution in [3.05, 3.63) is 24.9 Å². The zero-order chi connectivity index (χ0) is 19.1. The minimum absolute atomic E-state index is 0.157. The second kappa shape index (κ2) is 6.61. The van der Waals surface area contributed by atoms with Gasteiger partial charge in [-0.1, -0.05) is 0 Å². The van der Waals surface area contributed by atoms with Crippen molar-refractivity contribution in [1.29, 1.82) is 0 Å². The van der Waals surface area contributed by atoms with Gasteiger partial charge in [0.2, 0.25) is 0 Å². The van der Waals surface area contributed by atoms with Crippen LogP contribution in [-0.2, 0) is 14.3 Å². The molecule has 11 heteroatoms. The molecule has 4 heterocycles. The number of carbonyl (C=O) groups excluding carboxylic acids is 1. The Labute approximate surface area is 152 Å². The predicted octanol–water partition coefficient (Wildman–Crippen LogP) is -0.149. The van der Waals surface area contributed by atoms with E-state index in [1.165, 1.54) is 25.8 Å². The molecule has 0 amide bonds. The van der Waals surface area contributed by atoms with Crippen LogP contribution in [0.15, 0.2) is 29.3 Å². The third-order valence-electron chi connectivity index (χ3n) is 4.33. The second-order valence-corrected chi connectivity index (χ2v) is 6.06. The van der Waals surface area contributed by atoms with E-state index < -0.39 is 37.1 Å². The average molecular weight is 375 g/mol. The molecule has 4 rings (SSSR count). The highest BCUT2D eigenvalue weighted by atomic mass is 16.6. The first kappa shape index (κ1) is 17.4. The number of aliphatic hydroxyl groups excluding tert-OH is 2. The summed E-state index contributed by atoms with van der Waals surface area (Å²) in [4.78, 5) is 24.2. The molecule has 3 aromatic heterocycles. The number of anilines is 1. The summed E-state index contributed by atoms with van der Waals surface area (Å²) in [7, 11) is 0. The number of esters is 1. The van der Waals surface area contributed by atoms with Gasteiger partial charge in [-0.3, -0.25) is 9.36 Å². The van der Waals surface area contributed by atoms with Gasteiger partial charge in [-0.15, -0.1) is 0 Å². The molecule has 0 saturated carbocycles. The van der Waals surface area contributed by atoms with Crippen LogP contribution in [-0.4, -0.2) is 60.6 Å². The maximum atomic E-state index is 11.5. The van der Waals surface area contributed by atoms with Gasteiger partial charge in [0, 0.05) is 6.92 Å². The van der Waals surface area contributed by atoms with E-state index in [2.05, 4.69) is 15.0 Å². The van der Waals surface area contributed by atoms with Gasteiger partial charge >= 0.3 is 5.97 Å². The van der Waals surface area contributed by atoms with Crippen LogP contribution < -0.4 is 5.73 Å². The maximum Gasteiger partial charge on any atom is 0.303 e. The van der Waals surface area contributed by atoms with Gasteiger partial charge in [0.25, 0.3) is 0 Å².